The van der Waals surface area contributed by atoms with Crippen LogP contribution in [-0.4, -0.2) is 55.9 Å². The van der Waals surface area contributed by atoms with Crippen molar-refractivity contribution in [1.82, 2.24) is 10.3 Å². The number of ether oxygens (including phenoxy) is 2. The van der Waals surface area contributed by atoms with E-state index in [1.54, 1.807) is 0 Å². The van der Waals surface area contributed by atoms with Gasteiger partial charge >= 0.3 is 0 Å². The van der Waals surface area contributed by atoms with Crippen LogP contribution < -0.4 is 20.3 Å². The molecule has 0 spiro atoms. The molecule has 1 saturated heterocycles. The predicted octanol–water partition coefficient (Wildman–Crippen LogP) is 3.48. The summed E-state index contributed by atoms with van der Waals surface area (Å²) in [5, 5.41) is 6.62. The number of benzene rings is 1. The van der Waals surface area contributed by atoms with Gasteiger partial charge in [0.1, 0.15) is 11.9 Å². The van der Waals surface area contributed by atoms with Crippen LogP contribution in [0.15, 0.2) is 42.5 Å². The van der Waals surface area contributed by atoms with Gasteiger partial charge in [0.05, 0.1) is 24.5 Å². The van der Waals surface area contributed by atoms with E-state index in [0.29, 0.717) is 11.4 Å². The van der Waals surface area contributed by atoms with E-state index in [-0.39, 0.29) is 18.1 Å². The first-order valence-corrected chi connectivity index (χ1v) is 11.6. The summed E-state index contributed by atoms with van der Waals surface area (Å²) in [6, 6.07) is 11.7. The normalized spacial score (nSPS) is 22.6. The van der Waals surface area contributed by atoms with Gasteiger partial charge < -0.3 is 25.0 Å². The van der Waals surface area contributed by atoms with Crippen molar-refractivity contribution in [2.45, 2.75) is 37.8 Å². The predicted molar refractivity (Wildman–Crippen MR) is 125 cm³/mol. The summed E-state index contributed by atoms with van der Waals surface area (Å²) < 4.78 is 11.9. The van der Waals surface area contributed by atoms with Crippen molar-refractivity contribution < 1.29 is 14.3 Å². The van der Waals surface area contributed by atoms with E-state index in [0.717, 1.165) is 75.6 Å². The van der Waals surface area contributed by atoms with Crippen LogP contribution in [0.3, 0.4) is 0 Å². The molecule has 2 aliphatic heterocycles. The van der Waals surface area contributed by atoms with Gasteiger partial charge in [-0.05, 0) is 43.9 Å². The molecule has 5 rings (SSSR count). The minimum Gasteiger partial charge on any atom is -0.474 e. The summed E-state index contributed by atoms with van der Waals surface area (Å²) in [7, 11) is 0. The molecule has 1 aromatic carbocycles. The topological polar surface area (TPSA) is 75.7 Å². The molecule has 7 heteroatoms. The van der Waals surface area contributed by atoms with Crippen molar-refractivity contribution >= 4 is 23.5 Å². The van der Waals surface area contributed by atoms with E-state index in [4.69, 9.17) is 14.5 Å². The van der Waals surface area contributed by atoms with Gasteiger partial charge in [0.15, 0.2) is 0 Å². The van der Waals surface area contributed by atoms with Crippen LogP contribution in [-0.2, 0) is 4.74 Å². The summed E-state index contributed by atoms with van der Waals surface area (Å²) in [4.78, 5) is 19.6. The van der Waals surface area contributed by atoms with Crippen LogP contribution in [0.1, 0.15) is 41.6 Å². The minimum atomic E-state index is 0.000119. The molecule has 1 aliphatic carbocycles. The van der Waals surface area contributed by atoms with Gasteiger partial charge in [-0.25, -0.2) is 0 Å². The van der Waals surface area contributed by atoms with E-state index in [1.165, 1.54) is 0 Å². The first-order chi connectivity index (χ1) is 15.8. The van der Waals surface area contributed by atoms with Crippen molar-refractivity contribution in [2.75, 3.05) is 43.1 Å². The molecule has 1 amide bonds. The largest absolute Gasteiger partial charge is 0.474 e. The number of rotatable bonds is 5. The number of nitrogens with zero attached hydrogens (tertiary/aromatic N) is 2. The molecule has 1 saturated carbocycles. The fourth-order valence-electron chi connectivity index (χ4n) is 4.56. The number of pyridine rings is 1. The lowest BCUT2D eigenvalue weighted by Crippen LogP contribution is -2.40. The molecular weight excluding hydrogens is 404 g/mol. The molecule has 2 N–H and O–H groups in total. The molecule has 3 heterocycles. The molecule has 32 heavy (non-hydrogen) atoms. The second-order valence-corrected chi connectivity index (χ2v) is 8.56. The third-order valence-corrected chi connectivity index (χ3v) is 6.36. The first kappa shape index (κ1) is 20.8. The van der Waals surface area contributed by atoms with Gasteiger partial charge in [-0.3, -0.25) is 4.79 Å². The summed E-state index contributed by atoms with van der Waals surface area (Å²) in [5.41, 5.74) is 2.80. The second kappa shape index (κ2) is 9.61. The fraction of sp³-hybridized carbons (Fsp3) is 0.440. The molecule has 1 aromatic heterocycles. The molecule has 2 fully saturated rings. The third-order valence-electron chi connectivity index (χ3n) is 6.36. The average molecular weight is 435 g/mol. The summed E-state index contributed by atoms with van der Waals surface area (Å²) in [6.07, 6.45) is 7.91. The zero-order chi connectivity index (χ0) is 21.8. The number of hydrogen-bond donors (Lipinski definition) is 2. The van der Waals surface area contributed by atoms with Crippen LogP contribution in [0.25, 0.3) is 6.08 Å². The highest BCUT2D eigenvalue weighted by atomic mass is 16.5. The highest BCUT2D eigenvalue weighted by Gasteiger charge is 2.26. The van der Waals surface area contributed by atoms with Gasteiger partial charge in [-0.15, -0.1) is 0 Å². The fourth-order valence-corrected chi connectivity index (χ4v) is 4.56. The Labute approximate surface area is 188 Å². The van der Waals surface area contributed by atoms with Gasteiger partial charge in [0.2, 0.25) is 5.88 Å². The molecule has 7 nitrogen and oxygen atoms in total. The van der Waals surface area contributed by atoms with E-state index >= 15 is 0 Å². The van der Waals surface area contributed by atoms with Crippen LogP contribution in [0, 0.1) is 0 Å². The SMILES string of the molecule is O=C(NC1CCC(Oc2nc(N3CCOCC3)cc3c2C=CCN3)CC1)c1ccccc1. The highest BCUT2D eigenvalue weighted by molar-refractivity contribution is 5.94. The summed E-state index contributed by atoms with van der Waals surface area (Å²) in [6.45, 7) is 3.94. The maximum atomic E-state index is 12.5. The monoisotopic (exact) mass is 434 g/mol. The maximum Gasteiger partial charge on any atom is 0.251 e. The highest BCUT2D eigenvalue weighted by Crippen LogP contribution is 2.35. The van der Waals surface area contributed by atoms with E-state index < -0.39 is 0 Å². The molecule has 2 aromatic rings. The number of amides is 1. The van der Waals surface area contributed by atoms with Crippen LogP contribution in [0.5, 0.6) is 5.88 Å². The lowest BCUT2D eigenvalue weighted by molar-refractivity contribution is 0.0890. The molecule has 168 valence electrons. The van der Waals surface area contributed by atoms with Gasteiger partial charge in [0.25, 0.3) is 5.91 Å². The van der Waals surface area contributed by atoms with Gasteiger partial charge in [0, 0.05) is 37.3 Å². The Morgan fingerprint density at radius 3 is 2.69 bits per heavy atom. The smallest absolute Gasteiger partial charge is 0.251 e. The van der Waals surface area contributed by atoms with E-state index in [1.807, 2.05) is 30.3 Å². The molecule has 0 atom stereocenters. The number of anilines is 2. The number of morpholine rings is 1. The van der Waals surface area contributed by atoms with Crippen molar-refractivity contribution in [2.24, 2.45) is 0 Å². The van der Waals surface area contributed by atoms with E-state index in [9.17, 15) is 4.79 Å². The number of carbonyl (C=O) groups excluding carboxylic acids is 1. The molecule has 0 bridgehead atoms. The second-order valence-electron chi connectivity index (χ2n) is 8.56. The Hall–Kier alpha value is -3.06. The standard InChI is InChI=1S/C25H30N4O3/c30-24(18-5-2-1-3-6-18)27-19-8-10-20(11-9-19)32-25-21-7-4-12-26-22(21)17-23(28-25)29-13-15-31-16-14-29/h1-7,17,19-20,26H,8-16H2,(H,27,30). The van der Waals surface area contributed by atoms with Crippen LogP contribution in [0.2, 0.25) is 0 Å². The van der Waals surface area contributed by atoms with Crippen molar-refractivity contribution in [3.05, 3.63) is 53.6 Å². The first-order valence-electron chi connectivity index (χ1n) is 11.6. The van der Waals surface area contributed by atoms with Crippen LogP contribution >= 0.6 is 0 Å². The Kier molecular flexibility index (Phi) is 6.25. The summed E-state index contributed by atoms with van der Waals surface area (Å²) >= 11 is 0. The molecule has 3 aliphatic rings. The average Bonchev–Trinajstić information content (AvgIpc) is 2.86. The maximum absolute atomic E-state index is 12.5. The zero-order valence-corrected chi connectivity index (χ0v) is 18.3. The molecular formula is C25H30N4O3. The molecule has 0 unspecified atom stereocenters. The van der Waals surface area contributed by atoms with Crippen LogP contribution in [0.4, 0.5) is 11.5 Å². The summed E-state index contributed by atoms with van der Waals surface area (Å²) in [5.74, 6) is 1.64. The Bertz CT molecular complexity index is 965. The lowest BCUT2D eigenvalue weighted by Gasteiger charge is -2.32. The Morgan fingerprint density at radius 1 is 1.12 bits per heavy atom. The minimum absolute atomic E-state index is 0.000119. The van der Waals surface area contributed by atoms with E-state index in [2.05, 4.69) is 33.8 Å². The van der Waals surface area contributed by atoms with Crippen molar-refractivity contribution in [3.8, 4) is 5.88 Å². The number of fused-ring (bicyclic) bond motifs is 1. The Morgan fingerprint density at radius 2 is 1.91 bits per heavy atom. The zero-order valence-electron chi connectivity index (χ0n) is 18.3. The number of aromatic nitrogens is 1. The van der Waals surface area contributed by atoms with Gasteiger partial charge in [-0.1, -0.05) is 24.3 Å². The quantitative estimate of drug-likeness (QED) is 0.751. The van der Waals surface area contributed by atoms with Crippen molar-refractivity contribution in [1.29, 1.82) is 0 Å². The van der Waals surface area contributed by atoms with Crippen molar-refractivity contribution in [3.63, 3.8) is 0 Å². The Balaban J connectivity index is 1.24. The number of hydrogen-bond acceptors (Lipinski definition) is 6. The third kappa shape index (κ3) is 4.72. The molecule has 0 radical (unpaired) electrons. The van der Waals surface area contributed by atoms with Gasteiger partial charge in [-0.2, -0.15) is 4.98 Å². The number of carbonyl (C=O) groups is 1. The number of nitrogens with one attached hydrogen (secondary N) is 2. The lowest BCUT2D eigenvalue weighted by atomic mass is 9.92.